The van der Waals surface area contributed by atoms with Crippen molar-refractivity contribution in [2.45, 2.75) is 46.5 Å². The summed E-state index contributed by atoms with van der Waals surface area (Å²) in [7, 11) is 1.77. The van der Waals surface area contributed by atoms with E-state index in [1.165, 1.54) is 42.4 Å². The van der Waals surface area contributed by atoms with Crippen molar-refractivity contribution in [1.82, 2.24) is 0 Å². The summed E-state index contributed by atoms with van der Waals surface area (Å²) >= 11 is 0. The monoisotopic (exact) mass is 220 g/mol. The third-order valence-corrected chi connectivity index (χ3v) is 3.12. The van der Waals surface area contributed by atoms with Crippen molar-refractivity contribution in [3.63, 3.8) is 0 Å². The van der Waals surface area contributed by atoms with Crippen molar-refractivity contribution < 1.29 is 4.74 Å². The van der Waals surface area contributed by atoms with Gasteiger partial charge in [-0.1, -0.05) is 24.1 Å². The van der Waals surface area contributed by atoms with Gasteiger partial charge >= 0.3 is 0 Å². The molecule has 0 aliphatic carbocycles. The van der Waals surface area contributed by atoms with E-state index >= 15 is 0 Å². The Morgan fingerprint density at radius 3 is 2.12 bits per heavy atom. The van der Waals surface area contributed by atoms with Crippen LogP contribution in [0.25, 0.3) is 0 Å². The number of hydrogen-bond acceptors (Lipinski definition) is 1. The summed E-state index contributed by atoms with van der Waals surface area (Å²) < 4.78 is 5.06. The van der Waals surface area contributed by atoms with Crippen LogP contribution in [0.4, 0.5) is 0 Å². The maximum absolute atomic E-state index is 5.06. The van der Waals surface area contributed by atoms with E-state index in [1.54, 1.807) is 12.7 Å². The molecule has 16 heavy (non-hydrogen) atoms. The van der Waals surface area contributed by atoms with Crippen LogP contribution in [-0.2, 0) is 11.2 Å². The molecule has 0 atom stereocenters. The Bertz CT molecular complexity index is 305. The third-order valence-electron chi connectivity index (χ3n) is 3.12. The summed E-state index contributed by atoms with van der Waals surface area (Å²) in [5, 5.41) is 0. The standard InChI is InChI=1S/C15H24O/c1-12-10-13(2)15(14(3)11-12)8-6-5-7-9-16-4/h10-11H,5-9H2,1-4H3. The topological polar surface area (TPSA) is 9.23 Å². The summed E-state index contributed by atoms with van der Waals surface area (Å²) in [5.74, 6) is 0. The summed E-state index contributed by atoms with van der Waals surface area (Å²) in [5.41, 5.74) is 5.81. The van der Waals surface area contributed by atoms with Crippen molar-refractivity contribution in [2.24, 2.45) is 0 Å². The Labute approximate surface area is 99.8 Å². The van der Waals surface area contributed by atoms with Crippen LogP contribution in [0.1, 0.15) is 41.5 Å². The maximum Gasteiger partial charge on any atom is 0.0462 e. The highest BCUT2D eigenvalue weighted by Crippen LogP contribution is 2.18. The highest BCUT2D eigenvalue weighted by atomic mass is 16.5. The first-order chi connectivity index (χ1) is 7.65. The van der Waals surface area contributed by atoms with Gasteiger partial charge in [0.2, 0.25) is 0 Å². The van der Waals surface area contributed by atoms with Gasteiger partial charge in [0.05, 0.1) is 0 Å². The Hall–Kier alpha value is -0.820. The number of rotatable bonds is 6. The molecule has 0 spiro atoms. The molecule has 1 rings (SSSR count). The minimum Gasteiger partial charge on any atom is -0.385 e. The van der Waals surface area contributed by atoms with Gasteiger partial charge in [-0.3, -0.25) is 0 Å². The Kier molecular flexibility index (Phi) is 5.54. The second-order valence-electron chi connectivity index (χ2n) is 4.68. The van der Waals surface area contributed by atoms with E-state index in [1.807, 2.05) is 0 Å². The Morgan fingerprint density at radius 2 is 1.56 bits per heavy atom. The van der Waals surface area contributed by atoms with Gasteiger partial charge < -0.3 is 4.74 Å². The molecular weight excluding hydrogens is 196 g/mol. The molecule has 0 aromatic heterocycles. The van der Waals surface area contributed by atoms with E-state index in [2.05, 4.69) is 32.9 Å². The highest BCUT2D eigenvalue weighted by Gasteiger charge is 2.03. The van der Waals surface area contributed by atoms with Gasteiger partial charge in [0.15, 0.2) is 0 Å². The minimum absolute atomic E-state index is 0.895. The first kappa shape index (κ1) is 13.2. The fourth-order valence-corrected chi connectivity index (χ4v) is 2.33. The second kappa shape index (κ2) is 6.70. The normalized spacial score (nSPS) is 10.8. The van der Waals surface area contributed by atoms with E-state index in [-0.39, 0.29) is 0 Å². The largest absolute Gasteiger partial charge is 0.385 e. The van der Waals surface area contributed by atoms with Gasteiger partial charge in [0.1, 0.15) is 0 Å². The number of hydrogen-bond donors (Lipinski definition) is 0. The summed E-state index contributed by atoms with van der Waals surface area (Å²) in [6.07, 6.45) is 4.93. The van der Waals surface area contributed by atoms with Gasteiger partial charge in [0.25, 0.3) is 0 Å². The molecule has 0 saturated carbocycles. The SMILES string of the molecule is COCCCCCc1c(C)cc(C)cc1C. The number of methoxy groups -OCH3 is 1. The average molecular weight is 220 g/mol. The van der Waals surface area contributed by atoms with Crippen LogP contribution < -0.4 is 0 Å². The highest BCUT2D eigenvalue weighted by molar-refractivity contribution is 5.37. The lowest BCUT2D eigenvalue weighted by Crippen LogP contribution is -1.96. The van der Waals surface area contributed by atoms with Crippen molar-refractivity contribution >= 4 is 0 Å². The smallest absolute Gasteiger partial charge is 0.0462 e. The molecule has 0 N–H and O–H groups in total. The maximum atomic E-state index is 5.06. The average Bonchev–Trinajstić information content (AvgIpc) is 2.20. The summed E-state index contributed by atoms with van der Waals surface area (Å²) in [6.45, 7) is 7.52. The molecule has 0 bridgehead atoms. The van der Waals surface area contributed by atoms with Crippen LogP contribution in [-0.4, -0.2) is 13.7 Å². The molecule has 0 saturated heterocycles. The molecule has 1 heteroatoms. The molecule has 0 aliphatic rings. The van der Waals surface area contributed by atoms with Gasteiger partial charge in [-0.05, 0) is 56.7 Å². The third kappa shape index (κ3) is 3.97. The van der Waals surface area contributed by atoms with E-state index in [0.717, 1.165) is 6.61 Å². The number of ether oxygens (including phenoxy) is 1. The molecule has 0 fully saturated rings. The van der Waals surface area contributed by atoms with E-state index in [0.29, 0.717) is 0 Å². The van der Waals surface area contributed by atoms with Crippen molar-refractivity contribution in [3.05, 3.63) is 34.4 Å². The number of unbranched alkanes of at least 4 members (excludes halogenated alkanes) is 2. The quantitative estimate of drug-likeness (QED) is 0.659. The zero-order valence-electron chi connectivity index (χ0n) is 11.1. The van der Waals surface area contributed by atoms with Crippen molar-refractivity contribution in [1.29, 1.82) is 0 Å². The lowest BCUT2D eigenvalue weighted by Gasteiger charge is -2.11. The fourth-order valence-electron chi connectivity index (χ4n) is 2.33. The molecule has 90 valence electrons. The Morgan fingerprint density at radius 1 is 0.938 bits per heavy atom. The van der Waals surface area contributed by atoms with Crippen molar-refractivity contribution in [3.8, 4) is 0 Å². The predicted octanol–water partition coefficient (Wildman–Crippen LogP) is 3.97. The molecule has 1 aromatic rings. The molecule has 0 amide bonds. The van der Waals surface area contributed by atoms with Crippen LogP contribution in [0, 0.1) is 20.8 Å². The van der Waals surface area contributed by atoms with Crippen LogP contribution in [0.3, 0.4) is 0 Å². The second-order valence-corrected chi connectivity index (χ2v) is 4.68. The molecular formula is C15H24O. The number of benzene rings is 1. The van der Waals surface area contributed by atoms with Crippen LogP contribution in [0.15, 0.2) is 12.1 Å². The molecule has 0 heterocycles. The predicted molar refractivity (Wildman–Crippen MR) is 70.1 cm³/mol. The van der Waals surface area contributed by atoms with Crippen LogP contribution in [0.2, 0.25) is 0 Å². The lowest BCUT2D eigenvalue weighted by atomic mass is 9.95. The zero-order chi connectivity index (χ0) is 12.0. The van der Waals surface area contributed by atoms with E-state index in [9.17, 15) is 0 Å². The minimum atomic E-state index is 0.895. The molecule has 0 aliphatic heterocycles. The van der Waals surface area contributed by atoms with E-state index in [4.69, 9.17) is 4.74 Å². The summed E-state index contributed by atoms with van der Waals surface area (Å²) in [6, 6.07) is 4.58. The van der Waals surface area contributed by atoms with Gasteiger partial charge in [-0.2, -0.15) is 0 Å². The van der Waals surface area contributed by atoms with Crippen LogP contribution in [0.5, 0.6) is 0 Å². The first-order valence-electron chi connectivity index (χ1n) is 6.21. The molecule has 0 unspecified atom stereocenters. The number of aryl methyl sites for hydroxylation is 3. The summed E-state index contributed by atoms with van der Waals surface area (Å²) in [4.78, 5) is 0. The van der Waals surface area contributed by atoms with Crippen LogP contribution >= 0.6 is 0 Å². The fraction of sp³-hybridized carbons (Fsp3) is 0.600. The van der Waals surface area contributed by atoms with Gasteiger partial charge in [-0.15, -0.1) is 0 Å². The lowest BCUT2D eigenvalue weighted by molar-refractivity contribution is 0.192. The van der Waals surface area contributed by atoms with Gasteiger partial charge in [-0.25, -0.2) is 0 Å². The molecule has 0 radical (unpaired) electrons. The molecule has 1 nitrogen and oxygen atoms in total. The van der Waals surface area contributed by atoms with E-state index < -0.39 is 0 Å². The molecule has 1 aromatic carbocycles. The Balaban J connectivity index is 2.47. The van der Waals surface area contributed by atoms with Gasteiger partial charge in [0, 0.05) is 13.7 Å². The zero-order valence-corrected chi connectivity index (χ0v) is 11.1. The first-order valence-corrected chi connectivity index (χ1v) is 6.21. The van der Waals surface area contributed by atoms with Crippen molar-refractivity contribution in [2.75, 3.05) is 13.7 Å².